The van der Waals surface area contributed by atoms with Crippen molar-refractivity contribution in [2.75, 3.05) is 6.61 Å². The van der Waals surface area contributed by atoms with Crippen LogP contribution in [0.2, 0.25) is 0 Å². The first-order chi connectivity index (χ1) is 8.04. The molecule has 0 bridgehead atoms. The Bertz CT molecular complexity index is 450. The first-order valence-electron chi connectivity index (χ1n) is 5.06. The molecule has 0 aromatic heterocycles. The minimum Gasteiger partial charge on any atom is -0.478 e. The van der Waals surface area contributed by atoms with Crippen LogP contribution in [-0.2, 0) is 9.53 Å². The molecule has 0 fully saturated rings. The molecular formula is C12H12O5. The fraction of sp³-hybridized carbons (Fsp3) is 0.250. The first-order valence-corrected chi connectivity index (χ1v) is 5.06. The van der Waals surface area contributed by atoms with Gasteiger partial charge < -0.3 is 9.84 Å². The summed E-state index contributed by atoms with van der Waals surface area (Å²) in [5.41, 5.74) is 0.206. The molecule has 0 radical (unpaired) electrons. The molecule has 0 heterocycles. The average Bonchev–Trinajstić information content (AvgIpc) is 2.29. The van der Waals surface area contributed by atoms with E-state index in [1.54, 1.807) is 6.92 Å². The van der Waals surface area contributed by atoms with Crippen LogP contribution < -0.4 is 0 Å². The predicted octanol–water partition coefficient (Wildman–Crippen LogP) is 1.52. The minimum absolute atomic E-state index is 0.0136. The van der Waals surface area contributed by atoms with Crippen LogP contribution >= 0.6 is 0 Å². The fourth-order valence-electron chi connectivity index (χ4n) is 1.27. The van der Waals surface area contributed by atoms with E-state index >= 15 is 0 Å². The van der Waals surface area contributed by atoms with Crippen LogP contribution in [0.5, 0.6) is 0 Å². The molecular weight excluding hydrogens is 224 g/mol. The summed E-state index contributed by atoms with van der Waals surface area (Å²) in [5, 5.41) is 8.75. The SMILES string of the molecule is CCOC(=O)CC(=O)c1cccc(C(=O)O)c1. The van der Waals surface area contributed by atoms with Crippen LogP contribution in [0, 0.1) is 0 Å². The largest absolute Gasteiger partial charge is 0.478 e. The Morgan fingerprint density at radius 2 is 1.88 bits per heavy atom. The number of rotatable bonds is 5. The maximum Gasteiger partial charge on any atom is 0.335 e. The third-order valence-electron chi connectivity index (χ3n) is 2.04. The summed E-state index contributed by atoms with van der Waals surface area (Å²) < 4.78 is 4.64. The molecule has 0 amide bonds. The molecule has 17 heavy (non-hydrogen) atoms. The molecule has 0 aliphatic heterocycles. The Labute approximate surface area is 98.0 Å². The van der Waals surface area contributed by atoms with Gasteiger partial charge in [-0.15, -0.1) is 0 Å². The minimum atomic E-state index is -1.12. The lowest BCUT2D eigenvalue weighted by Gasteiger charge is -2.02. The van der Waals surface area contributed by atoms with Crippen molar-refractivity contribution in [1.29, 1.82) is 0 Å². The standard InChI is InChI=1S/C12H12O5/c1-2-17-11(14)7-10(13)8-4-3-5-9(6-8)12(15)16/h3-6H,2,7H2,1H3,(H,15,16). The molecule has 1 N–H and O–H groups in total. The zero-order chi connectivity index (χ0) is 12.8. The number of hydrogen-bond donors (Lipinski definition) is 1. The first kappa shape index (κ1) is 12.9. The Hall–Kier alpha value is -2.17. The molecule has 90 valence electrons. The highest BCUT2D eigenvalue weighted by Gasteiger charge is 2.14. The Morgan fingerprint density at radius 3 is 2.47 bits per heavy atom. The molecule has 0 aliphatic rings. The van der Waals surface area contributed by atoms with Gasteiger partial charge in [0.05, 0.1) is 12.2 Å². The van der Waals surface area contributed by atoms with E-state index in [1.807, 2.05) is 0 Å². The number of benzene rings is 1. The van der Waals surface area contributed by atoms with Gasteiger partial charge in [-0.2, -0.15) is 0 Å². The molecule has 0 unspecified atom stereocenters. The maximum absolute atomic E-state index is 11.6. The number of ether oxygens (including phenoxy) is 1. The lowest BCUT2D eigenvalue weighted by molar-refractivity contribution is -0.141. The molecule has 5 heteroatoms. The van der Waals surface area contributed by atoms with Gasteiger partial charge in [-0.3, -0.25) is 9.59 Å². The highest BCUT2D eigenvalue weighted by molar-refractivity contribution is 6.06. The van der Waals surface area contributed by atoms with Gasteiger partial charge in [0.1, 0.15) is 6.42 Å². The van der Waals surface area contributed by atoms with Crippen LogP contribution in [0.4, 0.5) is 0 Å². The number of esters is 1. The number of carboxylic acid groups (broad SMARTS) is 1. The predicted molar refractivity (Wildman–Crippen MR) is 59.0 cm³/mol. The summed E-state index contributed by atoms with van der Waals surface area (Å²) in [6.07, 6.45) is -0.378. The topological polar surface area (TPSA) is 80.7 Å². The molecule has 0 saturated heterocycles. The van der Waals surface area contributed by atoms with Crippen LogP contribution in [0.1, 0.15) is 34.1 Å². The highest BCUT2D eigenvalue weighted by Crippen LogP contribution is 2.08. The van der Waals surface area contributed by atoms with Crippen molar-refractivity contribution in [3.05, 3.63) is 35.4 Å². The van der Waals surface area contributed by atoms with Crippen molar-refractivity contribution in [2.45, 2.75) is 13.3 Å². The molecule has 1 aromatic rings. The zero-order valence-corrected chi connectivity index (χ0v) is 9.30. The van der Waals surface area contributed by atoms with Gasteiger partial charge in [0.15, 0.2) is 5.78 Å². The van der Waals surface area contributed by atoms with Crippen molar-refractivity contribution in [1.82, 2.24) is 0 Å². The number of Topliss-reactive ketones (excluding diaryl/α,β-unsaturated/α-hetero) is 1. The van der Waals surface area contributed by atoms with Crippen LogP contribution in [0.3, 0.4) is 0 Å². The number of carboxylic acids is 1. The molecule has 1 rings (SSSR count). The number of carbonyl (C=O) groups excluding carboxylic acids is 2. The number of carbonyl (C=O) groups is 3. The Morgan fingerprint density at radius 1 is 1.24 bits per heavy atom. The molecule has 5 nitrogen and oxygen atoms in total. The Kier molecular flexibility index (Phi) is 4.39. The van der Waals surface area contributed by atoms with Gasteiger partial charge in [0.2, 0.25) is 0 Å². The number of hydrogen-bond acceptors (Lipinski definition) is 4. The molecule has 0 spiro atoms. The van der Waals surface area contributed by atoms with Crippen LogP contribution in [0.25, 0.3) is 0 Å². The maximum atomic E-state index is 11.6. The summed E-state index contributed by atoms with van der Waals surface area (Å²) in [7, 11) is 0. The number of aromatic carboxylic acids is 1. The molecule has 0 atom stereocenters. The van der Waals surface area contributed by atoms with E-state index in [4.69, 9.17) is 5.11 Å². The highest BCUT2D eigenvalue weighted by atomic mass is 16.5. The van der Waals surface area contributed by atoms with E-state index in [1.165, 1.54) is 24.3 Å². The van der Waals surface area contributed by atoms with Crippen molar-refractivity contribution < 1.29 is 24.2 Å². The monoisotopic (exact) mass is 236 g/mol. The zero-order valence-electron chi connectivity index (χ0n) is 9.30. The lowest BCUT2D eigenvalue weighted by Crippen LogP contribution is -2.12. The third-order valence-corrected chi connectivity index (χ3v) is 2.04. The van der Waals surface area contributed by atoms with E-state index in [9.17, 15) is 14.4 Å². The molecule has 1 aromatic carbocycles. The van der Waals surface area contributed by atoms with Gasteiger partial charge in [-0.25, -0.2) is 4.79 Å². The molecule has 0 saturated carbocycles. The van der Waals surface area contributed by atoms with Gasteiger partial charge in [-0.1, -0.05) is 12.1 Å². The van der Waals surface area contributed by atoms with E-state index in [0.717, 1.165) is 0 Å². The summed E-state index contributed by atoms with van der Waals surface area (Å²) in [6.45, 7) is 1.86. The number of ketones is 1. The van der Waals surface area contributed by atoms with E-state index in [-0.39, 0.29) is 24.2 Å². The van der Waals surface area contributed by atoms with Crippen LogP contribution in [0.15, 0.2) is 24.3 Å². The second-order valence-electron chi connectivity index (χ2n) is 3.29. The summed E-state index contributed by atoms with van der Waals surface area (Å²) in [5.74, 6) is -2.18. The summed E-state index contributed by atoms with van der Waals surface area (Å²) in [6, 6.07) is 5.54. The second-order valence-corrected chi connectivity index (χ2v) is 3.29. The van der Waals surface area contributed by atoms with Gasteiger partial charge in [0.25, 0.3) is 0 Å². The van der Waals surface area contributed by atoms with E-state index < -0.39 is 17.7 Å². The van der Waals surface area contributed by atoms with Gasteiger partial charge in [-0.05, 0) is 19.1 Å². The van der Waals surface area contributed by atoms with Gasteiger partial charge in [0, 0.05) is 5.56 Å². The fourth-order valence-corrected chi connectivity index (χ4v) is 1.27. The van der Waals surface area contributed by atoms with Crippen molar-refractivity contribution in [3.63, 3.8) is 0 Å². The average molecular weight is 236 g/mol. The normalized spacial score (nSPS) is 9.71. The van der Waals surface area contributed by atoms with E-state index in [2.05, 4.69) is 4.74 Å². The van der Waals surface area contributed by atoms with Crippen molar-refractivity contribution in [2.24, 2.45) is 0 Å². The van der Waals surface area contributed by atoms with Crippen molar-refractivity contribution in [3.8, 4) is 0 Å². The van der Waals surface area contributed by atoms with E-state index in [0.29, 0.717) is 0 Å². The van der Waals surface area contributed by atoms with Gasteiger partial charge >= 0.3 is 11.9 Å². The smallest absolute Gasteiger partial charge is 0.335 e. The summed E-state index contributed by atoms with van der Waals surface area (Å²) in [4.78, 5) is 33.4. The van der Waals surface area contributed by atoms with Crippen molar-refractivity contribution >= 4 is 17.7 Å². The van der Waals surface area contributed by atoms with Crippen LogP contribution in [-0.4, -0.2) is 29.4 Å². The quantitative estimate of drug-likeness (QED) is 0.476. The molecule has 0 aliphatic carbocycles. The Balaban J connectivity index is 2.79. The lowest BCUT2D eigenvalue weighted by atomic mass is 10.1. The summed E-state index contributed by atoms with van der Waals surface area (Å²) >= 11 is 0. The second kappa shape index (κ2) is 5.79. The third kappa shape index (κ3) is 3.71.